The lowest BCUT2D eigenvalue weighted by Crippen LogP contribution is -2.04. The molecule has 0 fully saturated rings. The Morgan fingerprint density at radius 2 is 2.00 bits per heavy atom. The van der Waals surface area contributed by atoms with Gasteiger partial charge < -0.3 is 5.11 Å². The van der Waals surface area contributed by atoms with Crippen LogP contribution < -0.4 is 0 Å². The van der Waals surface area contributed by atoms with Crippen molar-refractivity contribution in [1.29, 1.82) is 0 Å². The summed E-state index contributed by atoms with van der Waals surface area (Å²) in [6.07, 6.45) is 2.67. The van der Waals surface area contributed by atoms with Crippen molar-refractivity contribution in [3.63, 3.8) is 0 Å². The van der Waals surface area contributed by atoms with Crippen molar-refractivity contribution >= 4 is 5.97 Å². The summed E-state index contributed by atoms with van der Waals surface area (Å²) in [6, 6.07) is 4.41. The first-order valence-corrected chi connectivity index (χ1v) is 5.18. The van der Waals surface area contributed by atoms with Crippen LogP contribution in [0.4, 0.5) is 8.78 Å². The van der Waals surface area contributed by atoms with Crippen molar-refractivity contribution in [2.45, 2.75) is 6.42 Å². The van der Waals surface area contributed by atoms with E-state index in [0.29, 0.717) is 5.56 Å². The second-order valence-electron chi connectivity index (χ2n) is 3.75. The van der Waals surface area contributed by atoms with E-state index in [1.165, 1.54) is 18.5 Å². The number of hydrogen-bond acceptors (Lipinski definition) is 2. The van der Waals surface area contributed by atoms with Crippen LogP contribution in [0.3, 0.4) is 0 Å². The molecule has 2 rings (SSSR count). The molecule has 92 valence electrons. The Bertz CT molecular complexity index is 599. The highest BCUT2D eigenvalue weighted by molar-refractivity contribution is 5.89. The molecule has 0 unspecified atom stereocenters. The first kappa shape index (κ1) is 12.2. The van der Waals surface area contributed by atoms with E-state index in [0.717, 1.165) is 18.2 Å². The zero-order chi connectivity index (χ0) is 13.1. The van der Waals surface area contributed by atoms with Gasteiger partial charge in [0.05, 0.1) is 5.56 Å². The lowest BCUT2D eigenvalue weighted by atomic mass is 10.0. The molecule has 0 aliphatic rings. The van der Waals surface area contributed by atoms with Gasteiger partial charge in [0.1, 0.15) is 11.6 Å². The van der Waals surface area contributed by atoms with Crippen molar-refractivity contribution in [1.82, 2.24) is 4.98 Å². The predicted molar refractivity (Wildman–Crippen MR) is 60.4 cm³/mol. The fraction of sp³-hybridized carbons (Fsp3) is 0.0769. The van der Waals surface area contributed by atoms with Gasteiger partial charge >= 0.3 is 5.97 Å². The van der Waals surface area contributed by atoms with E-state index < -0.39 is 17.6 Å². The monoisotopic (exact) mass is 249 g/mol. The van der Waals surface area contributed by atoms with Gasteiger partial charge in [0.2, 0.25) is 0 Å². The Morgan fingerprint density at radius 1 is 1.22 bits per heavy atom. The molecular formula is C13H9F2NO2. The van der Waals surface area contributed by atoms with Crippen molar-refractivity contribution < 1.29 is 18.7 Å². The van der Waals surface area contributed by atoms with Gasteiger partial charge in [-0.1, -0.05) is 0 Å². The van der Waals surface area contributed by atoms with Crippen LogP contribution in [0.5, 0.6) is 0 Å². The van der Waals surface area contributed by atoms with Gasteiger partial charge in [-0.15, -0.1) is 0 Å². The number of nitrogens with zero attached hydrogens (tertiary/aromatic N) is 1. The molecule has 3 nitrogen and oxygen atoms in total. The highest BCUT2D eigenvalue weighted by atomic mass is 19.1. The Labute approximate surface area is 102 Å². The number of halogens is 2. The van der Waals surface area contributed by atoms with Crippen molar-refractivity contribution in [2.75, 3.05) is 0 Å². The van der Waals surface area contributed by atoms with Gasteiger partial charge in [0, 0.05) is 18.8 Å². The summed E-state index contributed by atoms with van der Waals surface area (Å²) >= 11 is 0. The molecular weight excluding hydrogens is 240 g/mol. The molecule has 1 heterocycles. The van der Waals surface area contributed by atoms with E-state index in [2.05, 4.69) is 4.98 Å². The molecule has 5 heteroatoms. The van der Waals surface area contributed by atoms with E-state index in [1.54, 1.807) is 0 Å². The molecule has 0 spiro atoms. The van der Waals surface area contributed by atoms with Gasteiger partial charge in [-0.05, 0) is 35.4 Å². The molecule has 1 aromatic carbocycles. The Morgan fingerprint density at radius 3 is 2.72 bits per heavy atom. The zero-order valence-electron chi connectivity index (χ0n) is 9.23. The first-order chi connectivity index (χ1) is 8.58. The number of aromatic nitrogens is 1. The Balaban J connectivity index is 2.40. The standard InChI is InChI=1S/C13H9F2NO2/c14-10-1-2-12(15)8(6-10)5-9-7-16-4-3-11(9)13(17)18/h1-4,6-7H,5H2,(H,17,18). The maximum atomic E-state index is 13.5. The maximum Gasteiger partial charge on any atom is 0.336 e. The van der Waals surface area contributed by atoms with Crippen LogP contribution in [-0.2, 0) is 6.42 Å². The summed E-state index contributed by atoms with van der Waals surface area (Å²) in [5.74, 6) is -2.26. The van der Waals surface area contributed by atoms with E-state index >= 15 is 0 Å². The number of carboxylic acids is 1. The van der Waals surface area contributed by atoms with Crippen LogP contribution in [0.25, 0.3) is 0 Å². The van der Waals surface area contributed by atoms with Gasteiger partial charge in [-0.25, -0.2) is 13.6 Å². The van der Waals surface area contributed by atoms with Crippen LogP contribution >= 0.6 is 0 Å². The predicted octanol–water partition coefficient (Wildman–Crippen LogP) is 2.65. The van der Waals surface area contributed by atoms with E-state index in [4.69, 9.17) is 5.11 Å². The maximum absolute atomic E-state index is 13.5. The molecule has 0 bridgehead atoms. The van der Waals surface area contributed by atoms with Crippen molar-refractivity contribution in [3.05, 3.63) is 65.0 Å². The highest BCUT2D eigenvalue weighted by Gasteiger charge is 2.12. The summed E-state index contributed by atoms with van der Waals surface area (Å²) in [6.45, 7) is 0. The second kappa shape index (κ2) is 4.91. The van der Waals surface area contributed by atoms with Gasteiger partial charge in [-0.3, -0.25) is 4.98 Å². The lowest BCUT2D eigenvalue weighted by molar-refractivity contribution is 0.0695. The smallest absolute Gasteiger partial charge is 0.336 e. The molecule has 0 amide bonds. The second-order valence-corrected chi connectivity index (χ2v) is 3.75. The highest BCUT2D eigenvalue weighted by Crippen LogP contribution is 2.17. The third-order valence-electron chi connectivity index (χ3n) is 2.52. The molecule has 0 atom stereocenters. The van der Waals surface area contributed by atoms with Gasteiger partial charge in [0.25, 0.3) is 0 Å². The third-order valence-corrected chi connectivity index (χ3v) is 2.52. The minimum atomic E-state index is -1.12. The number of carboxylic acid groups (broad SMARTS) is 1. The molecule has 18 heavy (non-hydrogen) atoms. The number of benzene rings is 1. The molecule has 0 saturated carbocycles. The summed E-state index contributed by atoms with van der Waals surface area (Å²) in [5, 5.41) is 8.97. The number of pyridine rings is 1. The number of carbonyl (C=O) groups is 1. The Hall–Kier alpha value is -2.30. The molecule has 2 aromatic rings. The van der Waals surface area contributed by atoms with Crippen molar-refractivity contribution in [3.8, 4) is 0 Å². The number of hydrogen-bond donors (Lipinski definition) is 1. The summed E-state index contributed by atoms with van der Waals surface area (Å²) < 4.78 is 26.5. The Kier molecular flexibility index (Phi) is 3.32. The quantitative estimate of drug-likeness (QED) is 0.909. The number of rotatable bonds is 3. The van der Waals surface area contributed by atoms with Crippen LogP contribution in [0.2, 0.25) is 0 Å². The van der Waals surface area contributed by atoms with E-state index in [-0.39, 0.29) is 17.5 Å². The van der Waals surface area contributed by atoms with Gasteiger partial charge in [-0.2, -0.15) is 0 Å². The molecule has 0 aliphatic carbocycles. The third kappa shape index (κ3) is 2.51. The molecule has 0 saturated heterocycles. The number of aromatic carboxylic acids is 1. The molecule has 1 N–H and O–H groups in total. The normalized spacial score (nSPS) is 10.3. The summed E-state index contributed by atoms with van der Waals surface area (Å²) in [7, 11) is 0. The van der Waals surface area contributed by atoms with Crippen LogP contribution in [0.1, 0.15) is 21.5 Å². The average Bonchev–Trinajstić information content (AvgIpc) is 2.34. The van der Waals surface area contributed by atoms with Crippen LogP contribution in [-0.4, -0.2) is 16.1 Å². The van der Waals surface area contributed by atoms with E-state index in [9.17, 15) is 13.6 Å². The SMILES string of the molecule is O=C(O)c1ccncc1Cc1cc(F)ccc1F. The zero-order valence-corrected chi connectivity index (χ0v) is 9.23. The fourth-order valence-corrected chi connectivity index (χ4v) is 1.66. The summed E-state index contributed by atoms with van der Waals surface area (Å²) in [4.78, 5) is 14.8. The fourth-order valence-electron chi connectivity index (χ4n) is 1.66. The average molecular weight is 249 g/mol. The minimum absolute atomic E-state index is 0.0148. The largest absolute Gasteiger partial charge is 0.478 e. The van der Waals surface area contributed by atoms with Gasteiger partial charge in [0.15, 0.2) is 0 Å². The molecule has 1 aromatic heterocycles. The molecule has 0 radical (unpaired) electrons. The van der Waals surface area contributed by atoms with Crippen LogP contribution in [0.15, 0.2) is 36.7 Å². The van der Waals surface area contributed by atoms with Crippen LogP contribution in [0, 0.1) is 11.6 Å². The first-order valence-electron chi connectivity index (χ1n) is 5.18. The van der Waals surface area contributed by atoms with Crippen molar-refractivity contribution in [2.24, 2.45) is 0 Å². The topological polar surface area (TPSA) is 50.2 Å². The molecule has 0 aliphatic heterocycles. The van der Waals surface area contributed by atoms with E-state index in [1.807, 2.05) is 0 Å². The summed E-state index contributed by atoms with van der Waals surface area (Å²) in [5.41, 5.74) is 0.480. The minimum Gasteiger partial charge on any atom is -0.478 e. The lowest BCUT2D eigenvalue weighted by Gasteiger charge is -2.06.